The Kier molecular flexibility index (Phi) is 7.46. The van der Waals surface area contributed by atoms with E-state index < -0.39 is 24.8 Å². The van der Waals surface area contributed by atoms with Gasteiger partial charge in [0.25, 0.3) is 15.7 Å². The summed E-state index contributed by atoms with van der Waals surface area (Å²) in [5.74, 6) is -0.245. The summed E-state index contributed by atoms with van der Waals surface area (Å²) in [5.41, 5.74) is 1.65. The number of benzene rings is 3. The molecule has 0 saturated carbocycles. The zero-order chi connectivity index (χ0) is 29.4. The number of sulfone groups is 1. The molecule has 0 unspecified atom stereocenters. The first-order valence-corrected chi connectivity index (χ1v) is 15.4. The minimum absolute atomic E-state index is 0.00286. The number of anilines is 1. The van der Waals surface area contributed by atoms with E-state index in [1.165, 1.54) is 23.8 Å². The minimum Gasteiger partial charge on any atom is -0.385 e. The third-order valence-electron chi connectivity index (χ3n) is 6.43. The molecule has 0 spiro atoms. The Labute approximate surface area is 235 Å². The smallest absolute Gasteiger partial charge is 0.269 e. The van der Waals surface area contributed by atoms with Crippen LogP contribution < -0.4 is 4.72 Å². The molecule has 5 aromatic rings. The molecule has 0 bridgehead atoms. The highest BCUT2D eigenvalue weighted by atomic mass is 32.2. The van der Waals surface area contributed by atoms with Gasteiger partial charge in [-0.3, -0.25) is 14.8 Å². The number of aromatic nitrogens is 3. The van der Waals surface area contributed by atoms with Gasteiger partial charge in [-0.25, -0.2) is 26.8 Å². The van der Waals surface area contributed by atoms with Crippen LogP contribution in [0.4, 0.5) is 11.5 Å². The van der Waals surface area contributed by atoms with E-state index in [9.17, 15) is 26.9 Å². The van der Waals surface area contributed by atoms with Crippen LogP contribution in [0.15, 0.2) is 87.5 Å². The van der Waals surface area contributed by atoms with Crippen LogP contribution in [0.3, 0.4) is 0 Å². The summed E-state index contributed by atoms with van der Waals surface area (Å²) in [6.07, 6.45) is 0.408. The third kappa shape index (κ3) is 5.36. The maximum absolute atomic E-state index is 14.2. The van der Waals surface area contributed by atoms with Crippen molar-refractivity contribution in [1.82, 2.24) is 14.5 Å². The fraction of sp³-hybridized carbons (Fsp3) is 0.185. The molecule has 0 saturated heterocycles. The monoisotopic (exact) mass is 595 g/mol. The van der Waals surface area contributed by atoms with E-state index in [1.54, 1.807) is 36.4 Å². The zero-order valence-electron chi connectivity index (χ0n) is 22.0. The van der Waals surface area contributed by atoms with E-state index in [2.05, 4.69) is 14.7 Å². The number of methoxy groups -OCH3 is 1. The molecule has 12 nitrogen and oxygen atoms in total. The van der Waals surface area contributed by atoms with Gasteiger partial charge >= 0.3 is 0 Å². The van der Waals surface area contributed by atoms with Crippen LogP contribution in [-0.2, 0) is 31.1 Å². The highest BCUT2D eigenvalue weighted by Gasteiger charge is 2.33. The molecule has 0 atom stereocenters. The van der Waals surface area contributed by atoms with Crippen molar-refractivity contribution in [2.24, 2.45) is 0 Å². The van der Waals surface area contributed by atoms with Crippen LogP contribution in [0.2, 0.25) is 0 Å². The first-order chi connectivity index (χ1) is 19.5. The van der Waals surface area contributed by atoms with E-state index in [0.717, 1.165) is 29.8 Å². The van der Waals surface area contributed by atoms with Gasteiger partial charge in [0.15, 0.2) is 5.65 Å². The number of nitrogens with zero attached hydrogens (tertiary/aromatic N) is 4. The topological polar surface area (TPSA) is 163 Å². The molecule has 5 rings (SSSR count). The van der Waals surface area contributed by atoms with Gasteiger partial charge in [-0.1, -0.05) is 29.8 Å². The molecule has 1 N–H and O–H groups in total. The van der Waals surface area contributed by atoms with Crippen LogP contribution in [0, 0.1) is 17.0 Å². The number of para-hydroxylation sites is 2. The van der Waals surface area contributed by atoms with Crippen molar-refractivity contribution < 1.29 is 26.5 Å². The van der Waals surface area contributed by atoms with E-state index in [1.807, 2.05) is 6.92 Å². The summed E-state index contributed by atoms with van der Waals surface area (Å²) in [5, 5.41) is 11.1. The maximum atomic E-state index is 14.2. The number of nitro benzene ring substituents is 1. The molecule has 2 heterocycles. The summed E-state index contributed by atoms with van der Waals surface area (Å²) >= 11 is 0. The predicted octanol–water partition coefficient (Wildman–Crippen LogP) is 4.47. The van der Waals surface area contributed by atoms with Gasteiger partial charge in [-0.15, -0.1) is 0 Å². The Morgan fingerprint density at radius 2 is 1.51 bits per heavy atom. The predicted molar refractivity (Wildman–Crippen MR) is 152 cm³/mol. The van der Waals surface area contributed by atoms with Gasteiger partial charge in [-0.05, 0) is 49.7 Å². The zero-order valence-corrected chi connectivity index (χ0v) is 23.6. The first kappa shape index (κ1) is 28.1. The lowest BCUT2D eigenvalue weighted by molar-refractivity contribution is -0.384. The number of sulfonamides is 1. The highest BCUT2D eigenvalue weighted by Crippen LogP contribution is 2.38. The summed E-state index contributed by atoms with van der Waals surface area (Å²) in [7, 11) is -7.23. The van der Waals surface area contributed by atoms with Gasteiger partial charge in [0, 0.05) is 32.4 Å². The number of fused-ring (bicyclic) bond motifs is 2. The van der Waals surface area contributed by atoms with Crippen molar-refractivity contribution in [2.45, 2.75) is 34.6 Å². The number of ether oxygens (including phenoxy) is 1. The molecule has 212 valence electrons. The van der Waals surface area contributed by atoms with Crippen molar-refractivity contribution in [3.8, 4) is 0 Å². The van der Waals surface area contributed by atoms with Crippen molar-refractivity contribution in [3.63, 3.8) is 0 Å². The molecule has 14 heteroatoms. The molecule has 0 aliphatic heterocycles. The molecule has 0 fully saturated rings. The first-order valence-electron chi connectivity index (χ1n) is 12.4. The number of hydrogen-bond donors (Lipinski definition) is 1. The molecule has 41 heavy (non-hydrogen) atoms. The second kappa shape index (κ2) is 10.9. The van der Waals surface area contributed by atoms with Crippen LogP contribution in [0.5, 0.6) is 0 Å². The number of rotatable bonds is 10. The summed E-state index contributed by atoms with van der Waals surface area (Å²) in [4.78, 5) is 19.0. The van der Waals surface area contributed by atoms with Crippen molar-refractivity contribution in [2.75, 3.05) is 18.4 Å². The lowest BCUT2D eigenvalue weighted by Crippen LogP contribution is -2.19. The Morgan fingerprint density at radius 3 is 2.12 bits per heavy atom. The molecule has 3 aromatic carbocycles. The molecule has 0 aliphatic carbocycles. The van der Waals surface area contributed by atoms with E-state index >= 15 is 0 Å². The number of nitro groups is 1. The number of nitrogens with one attached hydrogen (secondary N) is 1. The molecular weight excluding hydrogens is 570 g/mol. The van der Waals surface area contributed by atoms with Gasteiger partial charge in [-0.2, -0.15) is 0 Å². The Morgan fingerprint density at radius 1 is 0.902 bits per heavy atom. The summed E-state index contributed by atoms with van der Waals surface area (Å²) in [6.45, 7) is 2.29. The molecule has 0 amide bonds. The van der Waals surface area contributed by atoms with Gasteiger partial charge < -0.3 is 9.30 Å². The lowest BCUT2D eigenvalue weighted by Gasteiger charge is -2.14. The van der Waals surface area contributed by atoms with E-state index in [0.29, 0.717) is 24.1 Å². The van der Waals surface area contributed by atoms with E-state index in [-0.39, 0.29) is 43.9 Å². The normalized spacial score (nSPS) is 12.1. The van der Waals surface area contributed by atoms with Crippen LogP contribution in [0.1, 0.15) is 12.0 Å². The maximum Gasteiger partial charge on any atom is 0.269 e. The average molecular weight is 596 g/mol. The van der Waals surface area contributed by atoms with E-state index in [4.69, 9.17) is 4.74 Å². The lowest BCUT2D eigenvalue weighted by atomic mass is 10.2. The Bertz CT molecular complexity index is 1990. The van der Waals surface area contributed by atoms with Gasteiger partial charge in [0.2, 0.25) is 9.84 Å². The quantitative estimate of drug-likeness (QED) is 0.139. The molecule has 2 aromatic heterocycles. The van der Waals surface area contributed by atoms with Crippen LogP contribution >= 0.6 is 0 Å². The standard InChI is InChI=1S/C27H25N5O7S2/c1-18-8-12-20(13-9-18)40(35,36)25-24-26(29-23-7-4-3-6-22(23)28-24)31(16-5-17-39-2)27(25)30-41(37,38)21-14-10-19(11-15-21)32(33)34/h3-4,6-15,30H,5,16-17H2,1-2H3. The number of non-ortho nitro benzene ring substituents is 1. The minimum atomic E-state index is -4.42. The summed E-state index contributed by atoms with van der Waals surface area (Å²) < 4.78 is 64.6. The van der Waals surface area contributed by atoms with Crippen molar-refractivity contribution in [1.29, 1.82) is 0 Å². The van der Waals surface area contributed by atoms with Gasteiger partial charge in [0.1, 0.15) is 16.2 Å². The van der Waals surface area contributed by atoms with Crippen LogP contribution in [0.25, 0.3) is 22.2 Å². The Hall–Kier alpha value is -4.40. The number of aryl methyl sites for hydroxylation is 2. The summed E-state index contributed by atoms with van der Waals surface area (Å²) in [6, 6.07) is 17.4. The van der Waals surface area contributed by atoms with Crippen molar-refractivity contribution >= 4 is 53.6 Å². The largest absolute Gasteiger partial charge is 0.385 e. The Balaban J connectivity index is 1.80. The molecule has 0 aliphatic rings. The van der Waals surface area contributed by atoms with Crippen molar-refractivity contribution in [3.05, 3.63) is 88.5 Å². The second-order valence-electron chi connectivity index (χ2n) is 9.23. The molecular formula is C27H25N5O7S2. The van der Waals surface area contributed by atoms with Crippen LogP contribution in [-0.4, -0.2) is 50.0 Å². The third-order valence-corrected chi connectivity index (χ3v) is 9.60. The highest BCUT2D eigenvalue weighted by molar-refractivity contribution is 7.93. The average Bonchev–Trinajstić information content (AvgIpc) is 3.23. The van der Waals surface area contributed by atoms with Gasteiger partial charge in [0.05, 0.1) is 25.7 Å². The second-order valence-corrected chi connectivity index (χ2v) is 12.8. The SMILES string of the molecule is COCCCn1c(NS(=O)(=O)c2ccc([N+](=O)[O-])cc2)c(S(=O)(=O)c2ccc(C)cc2)c2nc3ccccc3nc21. The number of hydrogen-bond acceptors (Lipinski definition) is 9. The molecule has 0 radical (unpaired) electrons. The fourth-order valence-electron chi connectivity index (χ4n) is 4.38. The fourth-order valence-corrected chi connectivity index (χ4v) is 7.06.